The van der Waals surface area contributed by atoms with E-state index >= 15 is 0 Å². The van der Waals surface area contributed by atoms with Crippen LogP contribution in [0.4, 0.5) is 0 Å². The van der Waals surface area contributed by atoms with Crippen LogP contribution in [0.5, 0.6) is 11.5 Å². The van der Waals surface area contributed by atoms with E-state index in [1.807, 2.05) is 35.2 Å². The zero-order chi connectivity index (χ0) is 17.5. The molecule has 5 nitrogen and oxygen atoms in total. The van der Waals surface area contributed by atoms with Crippen molar-refractivity contribution in [2.24, 2.45) is 0 Å². The molecule has 2 aliphatic rings. The molecule has 0 bridgehead atoms. The average molecular weight is 366 g/mol. The second-order valence-corrected chi connectivity index (χ2v) is 7.66. The van der Waals surface area contributed by atoms with Crippen molar-refractivity contribution in [3.63, 3.8) is 0 Å². The number of rotatable bonds is 2. The number of para-hydroxylation sites is 1. The summed E-state index contributed by atoms with van der Waals surface area (Å²) in [6.45, 7) is 0.971. The number of carbonyl (C=O) groups excluding carboxylic acids is 1. The fourth-order valence-corrected chi connectivity index (χ4v) is 4.77. The maximum Gasteiger partial charge on any atom is 0.254 e. The number of benzene rings is 2. The summed E-state index contributed by atoms with van der Waals surface area (Å²) in [5.74, 6) is 1.37. The van der Waals surface area contributed by atoms with Crippen LogP contribution in [0.3, 0.4) is 0 Å². The van der Waals surface area contributed by atoms with Crippen LogP contribution in [-0.4, -0.2) is 29.1 Å². The van der Waals surface area contributed by atoms with Gasteiger partial charge in [-0.15, -0.1) is 11.3 Å². The van der Waals surface area contributed by atoms with Gasteiger partial charge in [0.2, 0.25) is 6.79 Å². The molecule has 26 heavy (non-hydrogen) atoms. The number of nitrogens with zero attached hydrogens (tertiary/aromatic N) is 2. The van der Waals surface area contributed by atoms with Gasteiger partial charge in [0.15, 0.2) is 11.5 Å². The molecule has 0 saturated carbocycles. The molecule has 0 radical (unpaired) electrons. The first-order valence-corrected chi connectivity index (χ1v) is 9.67. The molecule has 1 atom stereocenters. The summed E-state index contributed by atoms with van der Waals surface area (Å²) in [4.78, 5) is 20.0. The van der Waals surface area contributed by atoms with Crippen molar-refractivity contribution in [2.75, 3.05) is 13.3 Å². The van der Waals surface area contributed by atoms with Gasteiger partial charge in [0.05, 0.1) is 16.3 Å². The Balaban J connectivity index is 1.48. The molecule has 132 valence electrons. The Morgan fingerprint density at radius 1 is 1.12 bits per heavy atom. The highest BCUT2D eigenvalue weighted by Crippen LogP contribution is 2.38. The van der Waals surface area contributed by atoms with Crippen molar-refractivity contribution < 1.29 is 14.3 Å². The van der Waals surface area contributed by atoms with Gasteiger partial charge in [-0.3, -0.25) is 4.79 Å². The number of carbonyl (C=O) groups is 1. The zero-order valence-corrected chi connectivity index (χ0v) is 15.0. The Morgan fingerprint density at radius 3 is 2.92 bits per heavy atom. The van der Waals surface area contributed by atoms with Crippen molar-refractivity contribution in [2.45, 2.75) is 25.3 Å². The van der Waals surface area contributed by atoms with Gasteiger partial charge in [-0.1, -0.05) is 12.1 Å². The van der Waals surface area contributed by atoms with E-state index in [9.17, 15) is 4.79 Å². The van der Waals surface area contributed by atoms with Gasteiger partial charge in [-0.2, -0.15) is 0 Å². The third-order valence-electron chi connectivity index (χ3n) is 4.98. The van der Waals surface area contributed by atoms with Gasteiger partial charge >= 0.3 is 0 Å². The van der Waals surface area contributed by atoms with E-state index in [4.69, 9.17) is 14.5 Å². The molecular weight excluding hydrogens is 348 g/mol. The minimum atomic E-state index is 0.0345. The second-order valence-electron chi connectivity index (χ2n) is 6.60. The first-order chi connectivity index (χ1) is 12.8. The highest BCUT2D eigenvalue weighted by atomic mass is 32.1. The molecule has 3 aromatic rings. The summed E-state index contributed by atoms with van der Waals surface area (Å²) in [7, 11) is 0. The number of likely N-dealkylation sites (tertiary alicyclic amines) is 1. The SMILES string of the molecule is O=C(c1ccc2c(c1)OCO2)N1CCCC[C@H]1c1nc2ccccc2s1. The van der Waals surface area contributed by atoms with Crippen LogP contribution in [0, 0.1) is 0 Å². The number of fused-ring (bicyclic) bond motifs is 2. The van der Waals surface area contributed by atoms with Gasteiger partial charge in [0.1, 0.15) is 5.01 Å². The first-order valence-electron chi connectivity index (χ1n) is 8.86. The molecule has 0 aliphatic carbocycles. The highest BCUT2D eigenvalue weighted by molar-refractivity contribution is 7.18. The van der Waals surface area contributed by atoms with E-state index in [0.29, 0.717) is 17.1 Å². The number of thiazole rings is 1. The van der Waals surface area contributed by atoms with Gasteiger partial charge in [-0.25, -0.2) is 4.98 Å². The van der Waals surface area contributed by atoms with Crippen LogP contribution in [0.1, 0.15) is 40.7 Å². The van der Waals surface area contributed by atoms with E-state index in [1.165, 1.54) is 4.70 Å². The van der Waals surface area contributed by atoms with Crippen molar-refractivity contribution in [1.82, 2.24) is 9.88 Å². The molecule has 1 fully saturated rings. The van der Waals surface area contributed by atoms with Gasteiger partial charge in [0.25, 0.3) is 5.91 Å². The minimum absolute atomic E-state index is 0.0345. The molecule has 5 rings (SSSR count). The summed E-state index contributed by atoms with van der Waals surface area (Å²) >= 11 is 1.69. The van der Waals surface area contributed by atoms with E-state index in [-0.39, 0.29) is 18.7 Å². The van der Waals surface area contributed by atoms with Crippen LogP contribution < -0.4 is 9.47 Å². The number of ether oxygens (including phenoxy) is 2. The maximum atomic E-state index is 13.2. The fraction of sp³-hybridized carbons (Fsp3) is 0.300. The topological polar surface area (TPSA) is 51.7 Å². The number of hydrogen-bond donors (Lipinski definition) is 0. The monoisotopic (exact) mass is 366 g/mol. The molecule has 1 amide bonds. The smallest absolute Gasteiger partial charge is 0.254 e. The summed E-state index contributed by atoms with van der Waals surface area (Å²) in [6.07, 6.45) is 3.10. The van der Waals surface area contributed by atoms with E-state index in [0.717, 1.165) is 36.3 Å². The lowest BCUT2D eigenvalue weighted by atomic mass is 10.0. The standard InChI is InChI=1S/C20H18N2O3S/c23-20(13-8-9-16-17(11-13)25-12-24-16)22-10-4-3-6-15(22)19-21-14-5-1-2-7-18(14)26-19/h1-2,5,7-9,11,15H,3-4,6,10,12H2/t15-/m0/s1. The molecule has 0 spiro atoms. The zero-order valence-electron chi connectivity index (χ0n) is 14.2. The van der Waals surface area contributed by atoms with Crippen molar-refractivity contribution in [1.29, 1.82) is 0 Å². The minimum Gasteiger partial charge on any atom is -0.454 e. The summed E-state index contributed by atoms with van der Waals surface area (Å²) < 4.78 is 11.9. The molecule has 1 aromatic heterocycles. The van der Waals surface area contributed by atoms with Crippen molar-refractivity contribution in [3.8, 4) is 11.5 Å². The normalized spacial score (nSPS) is 19.1. The van der Waals surface area contributed by atoms with Gasteiger partial charge in [-0.05, 0) is 49.6 Å². The molecule has 3 heterocycles. The van der Waals surface area contributed by atoms with Crippen LogP contribution in [-0.2, 0) is 0 Å². The van der Waals surface area contributed by atoms with Gasteiger partial charge < -0.3 is 14.4 Å². The maximum absolute atomic E-state index is 13.2. The van der Waals surface area contributed by atoms with Crippen molar-refractivity contribution in [3.05, 3.63) is 53.0 Å². The molecule has 0 N–H and O–H groups in total. The predicted octanol–water partition coefficient (Wildman–Crippen LogP) is 4.39. The summed E-state index contributed by atoms with van der Waals surface area (Å²) in [5, 5.41) is 1.03. The molecule has 1 saturated heterocycles. The summed E-state index contributed by atoms with van der Waals surface area (Å²) in [5.41, 5.74) is 1.65. The van der Waals surface area contributed by atoms with Crippen molar-refractivity contribution >= 4 is 27.5 Å². The average Bonchev–Trinajstić information content (AvgIpc) is 3.33. The number of aromatic nitrogens is 1. The number of amides is 1. The highest BCUT2D eigenvalue weighted by Gasteiger charge is 2.31. The molecular formula is C20H18N2O3S. The third kappa shape index (κ3) is 2.61. The molecule has 6 heteroatoms. The van der Waals surface area contributed by atoms with Crippen LogP contribution >= 0.6 is 11.3 Å². The lowest BCUT2D eigenvalue weighted by Crippen LogP contribution is -2.38. The van der Waals surface area contributed by atoms with Crippen LogP contribution in [0.15, 0.2) is 42.5 Å². The fourth-order valence-electron chi connectivity index (χ4n) is 3.66. The quantitative estimate of drug-likeness (QED) is 0.675. The van der Waals surface area contributed by atoms with Gasteiger partial charge in [0, 0.05) is 12.1 Å². The molecule has 2 aliphatic heterocycles. The Hall–Kier alpha value is -2.60. The lowest BCUT2D eigenvalue weighted by Gasteiger charge is -2.34. The Kier molecular flexibility index (Phi) is 3.78. The Morgan fingerprint density at radius 2 is 2.00 bits per heavy atom. The lowest BCUT2D eigenvalue weighted by molar-refractivity contribution is 0.0611. The van der Waals surface area contributed by atoms with Crippen LogP contribution in [0.2, 0.25) is 0 Å². The molecule has 0 unspecified atom stereocenters. The van der Waals surface area contributed by atoms with E-state index in [2.05, 4.69) is 6.07 Å². The number of piperidine rings is 1. The van der Waals surface area contributed by atoms with E-state index < -0.39 is 0 Å². The van der Waals surface area contributed by atoms with Crippen LogP contribution in [0.25, 0.3) is 10.2 Å². The summed E-state index contributed by atoms with van der Waals surface area (Å²) in [6, 6.07) is 13.6. The molecule has 2 aromatic carbocycles. The largest absolute Gasteiger partial charge is 0.454 e. The first kappa shape index (κ1) is 15.6. The Bertz CT molecular complexity index is 951. The van der Waals surface area contributed by atoms with E-state index in [1.54, 1.807) is 17.4 Å². The predicted molar refractivity (Wildman–Crippen MR) is 99.8 cm³/mol. The second kappa shape index (κ2) is 6.29. The Labute approximate surface area is 155 Å². The number of hydrogen-bond acceptors (Lipinski definition) is 5. The third-order valence-corrected chi connectivity index (χ3v) is 6.12.